The minimum absolute atomic E-state index is 0.113. The van der Waals surface area contributed by atoms with Crippen molar-refractivity contribution in [1.82, 2.24) is 24.6 Å². The number of benzene rings is 2. The second-order valence-electron chi connectivity index (χ2n) is 7.49. The van der Waals surface area contributed by atoms with Crippen molar-refractivity contribution in [3.05, 3.63) is 70.9 Å². The van der Waals surface area contributed by atoms with Crippen molar-refractivity contribution < 1.29 is 4.79 Å². The molecule has 2 aromatic heterocycles. The molecular weight excluding hydrogens is 366 g/mol. The van der Waals surface area contributed by atoms with Crippen LogP contribution in [0.1, 0.15) is 37.7 Å². The van der Waals surface area contributed by atoms with Gasteiger partial charge in [-0.15, -0.1) is 0 Å². The molecule has 2 atom stereocenters. The van der Waals surface area contributed by atoms with Crippen molar-refractivity contribution in [2.24, 2.45) is 0 Å². The van der Waals surface area contributed by atoms with Gasteiger partial charge in [-0.1, -0.05) is 30.3 Å². The summed E-state index contributed by atoms with van der Waals surface area (Å²) in [4.78, 5) is 36.0. The van der Waals surface area contributed by atoms with Crippen molar-refractivity contribution in [3.8, 4) is 0 Å². The number of rotatable bonds is 3. The summed E-state index contributed by atoms with van der Waals surface area (Å²) < 4.78 is 1.29. The largest absolute Gasteiger partial charge is 0.340 e. The molecule has 0 spiro atoms. The monoisotopic (exact) mass is 387 g/mol. The van der Waals surface area contributed by atoms with Gasteiger partial charge in [-0.3, -0.25) is 9.59 Å². The number of amides is 1. The third-order valence-corrected chi connectivity index (χ3v) is 5.70. The lowest BCUT2D eigenvalue weighted by atomic mass is 10.2. The smallest absolute Gasteiger partial charge is 0.275 e. The molecule has 1 fully saturated rings. The summed E-state index contributed by atoms with van der Waals surface area (Å²) in [5.74, 6) is 0.681. The molecule has 2 aromatic carbocycles. The molecule has 1 aliphatic rings. The van der Waals surface area contributed by atoms with E-state index in [2.05, 4.69) is 15.1 Å². The van der Waals surface area contributed by atoms with Crippen LogP contribution in [0, 0.1) is 0 Å². The Labute approximate surface area is 167 Å². The third-order valence-electron chi connectivity index (χ3n) is 5.70. The highest BCUT2D eigenvalue weighted by Crippen LogP contribution is 2.33. The molecule has 1 N–H and O–H groups in total. The summed E-state index contributed by atoms with van der Waals surface area (Å²) in [5, 5.41) is 5.60. The maximum atomic E-state index is 13.3. The lowest BCUT2D eigenvalue weighted by Gasteiger charge is -2.26. The number of hydrogen-bond acceptors (Lipinski definition) is 4. The summed E-state index contributed by atoms with van der Waals surface area (Å²) in [7, 11) is 0. The van der Waals surface area contributed by atoms with E-state index in [1.165, 1.54) is 4.68 Å². The van der Waals surface area contributed by atoms with E-state index in [-0.39, 0.29) is 17.5 Å². The first kappa shape index (κ1) is 17.6. The van der Waals surface area contributed by atoms with Crippen molar-refractivity contribution in [2.45, 2.75) is 31.8 Å². The van der Waals surface area contributed by atoms with Crippen LogP contribution in [0.2, 0.25) is 0 Å². The quantitative estimate of drug-likeness (QED) is 0.585. The third kappa shape index (κ3) is 2.90. The van der Waals surface area contributed by atoms with Gasteiger partial charge in [-0.25, -0.2) is 9.67 Å². The molecule has 3 heterocycles. The molecule has 0 saturated carbocycles. The van der Waals surface area contributed by atoms with E-state index in [1.54, 1.807) is 19.2 Å². The number of hydrogen-bond donors (Lipinski definition) is 1. The second kappa shape index (κ2) is 6.84. The zero-order valence-corrected chi connectivity index (χ0v) is 16.1. The summed E-state index contributed by atoms with van der Waals surface area (Å²) in [6.07, 6.45) is 3.39. The highest BCUT2D eigenvalue weighted by molar-refractivity contribution is 5.83. The number of likely N-dealkylation sites (tertiary alicyclic amines) is 1. The first-order chi connectivity index (χ1) is 14.1. The fourth-order valence-corrected chi connectivity index (χ4v) is 4.17. The number of H-pyrrole nitrogens is 1. The predicted molar refractivity (Wildman–Crippen MR) is 110 cm³/mol. The van der Waals surface area contributed by atoms with E-state index in [0.717, 1.165) is 35.1 Å². The molecule has 0 unspecified atom stereocenters. The SMILES string of the molecule is C[C@@H](C(=O)N1CCC[C@H]1c1nc2ccccc2[nH]1)n1ncc2ccccc2c1=O. The molecular formula is C22H21N5O2. The van der Waals surface area contributed by atoms with E-state index in [0.29, 0.717) is 11.9 Å². The molecule has 1 aliphatic heterocycles. The summed E-state index contributed by atoms with van der Waals surface area (Å²) >= 11 is 0. The zero-order valence-electron chi connectivity index (χ0n) is 16.1. The van der Waals surface area contributed by atoms with Gasteiger partial charge < -0.3 is 9.88 Å². The van der Waals surface area contributed by atoms with Crippen LogP contribution < -0.4 is 5.56 Å². The van der Waals surface area contributed by atoms with Gasteiger partial charge in [0.2, 0.25) is 5.91 Å². The summed E-state index contributed by atoms with van der Waals surface area (Å²) in [6, 6.07) is 14.3. The van der Waals surface area contributed by atoms with E-state index < -0.39 is 6.04 Å². The molecule has 1 saturated heterocycles. The number of imidazole rings is 1. The molecule has 0 radical (unpaired) electrons. The molecule has 29 heavy (non-hydrogen) atoms. The first-order valence-corrected chi connectivity index (χ1v) is 9.85. The molecule has 0 bridgehead atoms. The number of carbonyl (C=O) groups is 1. The molecule has 7 nitrogen and oxygen atoms in total. The zero-order chi connectivity index (χ0) is 20.0. The second-order valence-corrected chi connectivity index (χ2v) is 7.49. The van der Waals surface area contributed by atoms with Crippen LogP contribution in [0.25, 0.3) is 21.8 Å². The minimum Gasteiger partial charge on any atom is -0.340 e. The predicted octanol–water partition coefficient (Wildman–Crippen LogP) is 3.20. The molecule has 1 amide bonds. The van der Waals surface area contributed by atoms with Crippen LogP contribution in [0.4, 0.5) is 0 Å². The Kier molecular flexibility index (Phi) is 4.16. The highest BCUT2D eigenvalue weighted by Gasteiger charge is 2.35. The van der Waals surface area contributed by atoms with Crippen molar-refractivity contribution in [2.75, 3.05) is 6.54 Å². The Morgan fingerprint density at radius 2 is 1.97 bits per heavy atom. The maximum absolute atomic E-state index is 13.3. The highest BCUT2D eigenvalue weighted by atomic mass is 16.2. The van der Waals surface area contributed by atoms with Crippen LogP contribution in [0.5, 0.6) is 0 Å². The Bertz CT molecular complexity index is 1240. The Morgan fingerprint density at radius 1 is 1.17 bits per heavy atom. The Morgan fingerprint density at radius 3 is 2.83 bits per heavy atom. The van der Waals surface area contributed by atoms with Crippen LogP contribution in [0.3, 0.4) is 0 Å². The normalized spacial score (nSPS) is 17.8. The molecule has 7 heteroatoms. The van der Waals surface area contributed by atoms with Crippen LogP contribution >= 0.6 is 0 Å². The van der Waals surface area contributed by atoms with Gasteiger partial charge in [0.25, 0.3) is 5.56 Å². The standard InChI is InChI=1S/C22H21N5O2/c1-14(27-22(29)16-8-3-2-7-15(16)13-23-27)21(28)26-12-6-11-19(26)20-24-17-9-4-5-10-18(17)25-20/h2-5,7-10,13-14,19H,6,11-12H2,1H3,(H,24,25)/t14-,19-/m0/s1. The van der Waals surface area contributed by atoms with E-state index in [1.807, 2.05) is 47.4 Å². The van der Waals surface area contributed by atoms with Gasteiger partial charge in [-0.05, 0) is 38.0 Å². The Balaban J connectivity index is 1.47. The topological polar surface area (TPSA) is 83.9 Å². The van der Waals surface area contributed by atoms with Crippen LogP contribution in [-0.2, 0) is 4.79 Å². The van der Waals surface area contributed by atoms with Gasteiger partial charge in [0, 0.05) is 11.9 Å². The van der Waals surface area contributed by atoms with E-state index >= 15 is 0 Å². The molecule has 146 valence electrons. The van der Waals surface area contributed by atoms with Gasteiger partial charge in [0.05, 0.1) is 28.7 Å². The van der Waals surface area contributed by atoms with E-state index in [4.69, 9.17) is 0 Å². The molecule has 5 rings (SSSR count). The van der Waals surface area contributed by atoms with Crippen LogP contribution in [0.15, 0.2) is 59.5 Å². The van der Waals surface area contributed by atoms with Crippen molar-refractivity contribution in [1.29, 1.82) is 0 Å². The van der Waals surface area contributed by atoms with Crippen molar-refractivity contribution in [3.63, 3.8) is 0 Å². The van der Waals surface area contributed by atoms with Gasteiger partial charge >= 0.3 is 0 Å². The number of nitrogens with zero attached hydrogens (tertiary/aromatic N) is 4. The number of nitrogens with one attached hydrogen (secondary N) is 1. The molecule has 4 aromatic rings. The average Bonchev–Trinajstić information content (AvgIpc) is 3.40. The Hall–Kier alpha value is -3.48. The summed E-state index contributed by atoms with van der Waals surface area (Å²) in [5.41, 5.74) is 1.60. The number of aromatic amines is 1. The van der Waals surface area contributed by atoms with Gasteiger partial charge in [-0.2, -0.15) is 5.10 Å². The minimum atomic E-state index is -0.683. The number of carbonyl (C=O) groups excluding carboxylic acids is 1. The number of fused-ring (bicyclic) bond motifs is 2. The number of para-hydroxylation sites is 2. The fraction of sp³-hybridized carbons (Fsp3) is 0.273. The fourth-order valence-electron chi connectivity index (χ4n) is 4.17. The van der Waals surface area contributed by atoms with Gasteiger partial charge in [0.15, 0.2) is 0 Å². The lowest BCUT2D eigenvalue weighted by Crippen LogP contribution is -2.40. The maximum Gasteiger partial charge on any atom is 0.275 e. The first-order valence-electron chi connectivity index (χ1n) is 9.85. The average molecular weight is 387 g/mol. The van der Waals surface area contributed by atoms with Crippen molar-refractivity contribution >= 4 is 27.7 Å². The summed E-state index contributed by atoms with van der Waals surface area (Å²) in [6.45, 7) is 2.38. The molecule has 0 aliphatic carbocycles. The van der Waals surface area contributed by atoms with Crippen LogP contribution in [-0.4, -0.2) is 37.1 Å². The lowest BCUT2D eigenvalue weighted by molar-refractivity contribution is -0.135. The van der Waals surface area contributed by atoms with E-state index in [9.17, 15) is 9.59 Å². The number of aromatic nitrogens is 4. The van der Waals surface area contributed by atoms with Gasteiger partial charge in [0.1, 0.15) is 11.9 Å².